The van der Waals surface area contributed by atoms with Crippen molar-refractivity contribution in [1.29, 1.82) is 0 Å². The van der Waals surface area contributed by atoms with Crippen LogP contribution in [0.1, 0.15) is 30.4 Å². The third-order valence-electron chi connectivity index (χ3n) is 4.54. The zero-order valence-corrected chi connectivity index (χ0v) is 12.3. The number of carbonyl (C=O) groups is 2. The van der Waals surface area contributed by atoms with Crippen molar-refractivity contribution in [3.8, 4) is 0 Å². The van der Waals surface area contributed by atoms with E-state index in [0.717, 1.165) is 12.1 Å². The Hall–Kier alpha value is -2.05. The molecule has 0 atom stereocenters. The van der Waals surface area contributed by atoms with Crippen molar-refractivity contribution >= 4 is 11.9 Å². The summed E-state index contributed by atoms with van der Waals surface area (Å²) in [5.74, 6) is -0.429. The maximum atomic E-state index is 12.6. The molecule has 1 N–H and O–H groups in total. The highest BCUT2D eigenvalue weighted by molar-refractivity contribution is 5.82. The Bertz CT molecular complexity index is 630. The van der Waals surface area contributed by atoms with Crippen molar-refractivity contribution in [3.05, 3.63) is 35.4 Å². The molecule has 124 valence electrons. The molecule has 2 saturated heterocycles. The molecule has 1 aliphatic carbocycles. The Labute approximate surface area is 131 Å². The fourth-order valence-corrected chi connectivity index (χ4v) is 3.30. The van der Waals surface area contributed by atoms with E-state index in [1.54, 1.807) is 0 Å². The topological polar surface area (TPSA) is 55.4 Å². The van der Waals surface area contributed by atoms with Crippen LogP contribution in [0.4, 0.5) is 13.2 Å². The average molecular weight is 327 g/mol. The normalized spacial score (nSPS) is 26.2. The molecule has 2 heterocycles. The lowest BCUT2D eigenvalue weighted by molar-refractivity contribution is -0.157. The molecule has 2 bridgehead atoms. The lowest BCUT2D eigenvalue weighted by Gasteiger charge is -2.51. The quantitative estimate of drug-likeness (QED) is 0.865. The number of amides is 1. The molecule has 0 aromatic heterocycles. The Morgan fingerprint density at radius 3 is 2.70 bits per heavy atom. The fourth-order valence-electron chi connectivity index (χ4n) is 3.30. The van der Waals surface area contributed by atoms with E-state index in [9.17, 15) is 22.8 Å². The van der Waals surface area contributed by atoms with Crippen molar-refractivity contribution < 1.29 is 27.5 Å². The lowest BCUT2D eigenvalue weighted by Crippen LogP contribution is -2.58. The standard InChI is InChI=1S/C16H16F3NO3/c17-16(18,19)12-3-1-2-10(4-12)8-23-13(21)7-15-5-11(6-15)14(22)20-9-15/h1-4,11H,5-9H2,(H,20,22). The number of alkyl halides is 3. The van der Waals surface area contributed by atoms with Gasteiger partial charge in [0.05, 0.1) is 12.0 Å². The first-order chi connectivity index (χ1) is 10.8. The highest BCUT2D eigenvalue weighted by atomic mass is 19.4. The Balaban J connectivity index is 1.53. The molecule has 23 heavy (non-hydrogen) atoms. The molecule has 1 saturated carbocycles. The van der Waals surface area contributed by atoms with Gasteiger partial charge in [-0.3, -0.25) is 9.59 Å². The summed E-state index contributed by atoms with van der Waals surface area (Å²) >= 11 is 0. The summed E-state index contributed by atoms with van der Waals surface area (Å²) in [5.41, 5.74) is -0.695. The van der Waals surface area contributed by atoms with Gasteiger partial charge in [0, 0.05) is 12.5 Å². The predicted octanol–water partition coefficient (Wildman–Crippen LogP) is 2.66. The SMILES string of the molecule is O=C(CC12CNC(=O)C(C1)C2)OCc1cccc(C(F)(F)F)c1. The van der Waals surface area contributed by atoms with Crippen LogP contribution in [0.3, 0.4) is 0 Å². The number of rotatable bonds is 4. The van der Waals surface area contributed by atoms with E-state index in [1.807, 2.05) is 0 Å². The van der Waals surface area contributed by atoms with Crippen molar-refractivity contribution in [2.45, 2.75) is 32.0 Å². The first kappa shape index (κ1) is 15.8. The number of piperidine rings is 2. The van der Waals surface area contributed by atoms with E-state index in [-0.39, 0.29) is 30.3 Å². The smallest absolute Gasteiger partial charge is 0.416 e. The van der Waals surface area contributed by atoms with Gasteiger partial charge in [-0.2, -0.15) is 13.2 Å². The number of benzene rings is 1. The number of carbonyl (C=O) groups excluding carboxylic acids is 2. The van der Waals surface area contributed by atoms with Gasteiger partial charge in [-0.25, -0.2) is 0 Å². The summed E-state index contributed by atoms with van der Waals surface area (Å²) in [6.07, 6.45) is -2.88. The number of halogens is 3. The summed E-state index contributed by atoms with van der Waals surface area (Å²) < 4.78 is 43.0. The summed E-state index contributed by atoms with van der Waals surface area (Å²) in [6, 6.07) is 4.73. The molecule has 3 aliphatic rings. The van der Waals surface area contributed by atoms with Gasteiger partial charge in [0.25, 0.3) is 0 Å². The highest BCUT2D eigenvalue weighted by Crippen LogP contribution is 2.50. The Morgan fingerprint density at radius 2 is 2.09 bits per heavy atom. The Kier molecular flexibility index (Phi) is 3.82. The largest absolute Gasteiger partial charge is 0.461 e. The summed E-state index contributed by atoms with van der Waals surface area (Å²) in [5, 5.41) is 2.75. The number of ether oxygens (including phenoxy) is 1. The molecule has 1 aromatic carbocycles. The molecule has 0 radical (unpaired) electrons. The fraction of sp³-hybridized carbons (Fsp3) is 0.500. The number of fused-ring (bicyclic) bond motifs is 2. The molecule has 1 amide bonds. The van der Waals surface area contributed by atoms with E-state index in [1.165, 1.54) is 12.1 Å². The van der Waals surface area contributed by atoms with Crippen LogP contribution in [-0.2, 0) is 27.1 Å². The van der Waals surface area contributed by atoms with E-state index in [4.69, 9.17) is 4.74 Å². The minimum Gasteiger partial charge on any atom is -0.461 e. The second-order valence-corrected chi connectivity index (χ2v) is 6.36. The molecule has 4 nitrogen and oxygen atoms in total. The number of hydrogen-bond acceptors (Lipinski definition) is 3. The monoisotopic (exact) mass is 327 g/mol. The van der Waals surface area contributed by atoms with Crippen LogP contribution < -0.4 is 5.32 Å². The molecule has 2 aliphatic heterocycles. The van der Waals surface area contributed by atoms with Gasteiger partial charge in [0.15, 0.2) is 0 Å². The molecule has 3 fully saturated rings. The van der Waals surface area contributed by atoms with E-state index in [2.05, 4.69) is 5.32 Å². The maximum Gasteiger partial charge on any atom is 0.416 e. The molecule has 0 unspecified atom stereocenters. The average Bonchev–Trinajstić information content (AvgIpc) is 2.46. The van der Waals surface area contributed by atoms with E-state index < -0.39 is 17.7 Å². The van der Waals surface area contributed by atoms with Gasteiger partial charge in [0.1, 0.15) is 6.61 Å². The van der Waals surface area contributed by atoms with E-state index >= 15 is 0 Å². The van der Waals surface area contributed by atoms with Crippen molar-refractivity contribution in [1.82, 2.24) is 5.32 Å². The van der Waals surface area contributed by atoms with Crippen LogP contribution >= 0.6 is 0 Å². The van der Waals surface area contributed by atoms with Crippen LogP contribution in [0.2, 0.25) is 0 Å². The van der Waals surface area contributed by atoms with E-state index in [0.29, 0.717) is 24.9 Å². The van der Waals surface area contributed by atoms with Crippen molar-refractivity contribution in [2.75, 3.05) is 6.54 Å². The third-order valence-corrected chi connectivity index (χ3v) is 4.54. The summed E-state index contributed by atoms with van der Waals surface area (Å²) in [6.45, 7) is 0.273. The zero-order chi connectivity index (χ0) is 16.7. The maximum absolute atomic E-state index is 12.6. The predicted molar refractivity (Wildman–Crippen MR) is 74.0 cm³/mol. The van der Waals surface area contributed by atoms with Crippen LogP contribution in [0.15, 0.2) is 24.3 Å². The second kappa shape index (κ2) is 5.54. The number of hydrogen-bond donors (Lipinski definition) is 1. The van der Waals surface area contributed by atoms with Gasteiger partial charge >= 0.3 is 12.1 Å². The van der Waals surface area contributed by atoms with Gasteiger partial charge in [-0.05, 0) is 36.0 Å². The van der Waals surface area contributed by atoms with Crippen LogP contribution in [0.5, 0.6) is 0 Å². The first-order valence-electron chi connectivity index (χ1n) is 7.37. The molecule has 4 rings (SSSR count). The molecule has 0 spiro atoms. The third kappa shape index (κ3) is 3.33. The second-order valence-electron chi connectivity index (χ2n) is 6.36. The van der Waals surface area contributed by atoms with Gasteiger partial charge < -0.3 is 10.1 Å². The van der Waals surface area contributed by atoms with Gasteiger partial charge in [0.2, 0.25) is 5.91 Å². The lowest BCUT2D eigenvalue weighted by atomic mass is 9.57. The highest BCUT2D eigenvalue weighted by Gasteiger charge is 2.52. The molecular formula is C16H16F3NO3. The van der Waals surface area contributed by atoms with Gasteiger partial charge in [-0.15, -0.1) is 0 Å². The van der Waals surface area contributed by atoms with Gasteiger partial charge in [-0.1, -0.05) is 12.1 Å². The molecule has 1 aromatic rings. The van der Waals surface area contributed by atoms with Crippen molar-refractivity contribution in [3.63, 3.8) is 0 Å². The number of nitrogens with one attached hydrogen (secondary N) is 1. The zero-order valence-electron chi connectivity index (χ0n) is 12.3. The summed E-state index contributed by atoms with van der Waals surface area (Å²) in [7, 11) is 0. The number of esters is 1. The van der Waals surface area contributed by atoms with Crippen LogP contribution in [0.25, 0.3) is 0 Å². The molecular weight excluding hydrogens is 311 g/mol. The molecule has 7 heteroatoms. The van der Waals surface area contributed by atoms with Crippen LogP contribution in [-0.4, -0.2) is 18.4 Å². The van der Waals surface area contributed by atoms with Crippen LogP contribution in [0, 0.1) is 11.3 Å². The summed E-state index contributed by atoms with van der Waals surface area (Å²) in [4.78, 5) is 23.3. The minimum absolute atomic E-state index is 0.0139. The van der Waals surface area contributed by atoms with Crippen molar-refractivity contribution in [2.24, 2.45) is 11.3 Å². The minimum atomic E-state index is -4.42. The first-order valence-corrected chi connectivity index (χ1v) is 7.37. The Morgan fingerprint density at radius 1 is 1.35 bits per heavy atom.